The molecule has 4 nitrogen and oxygen atoms in total. The average Bonchev–Trinajstić information content (AvgIpc) is 3.28. The lowest BCUT2D eigenvalue weighted by atomic mass is 9.99. The summed E-state index contributed by atoms with van der Waals surface area (Å²) in [5, 5.41) is 12.8. The van der Waals surface area contributed by atoms with Crippen LogP contribution in [0.1, 0.15) is 27.6 Å². The number of thiophene rings is 1. The summed E-state index contributed by atoms with van der Waals surface area (Å²) in [6, 6.07) is 17.8. The number of carbonyl (C=O) groups excluding carboxylic acids is 2. The van der Waals surface area contributed by atoms with E-state index < -0.39 is 17.7 Å². The predicted molar refractivity (Wildman–Crippen MR) is 111 cm³/mol. The molecule has 2 heterocycles. The van der Waals surface area contributed by atoms with Crippen molar-refractivity contribution in [2.75, 3.05) is 4.90 Å². The minimum absolute atomic E-state index is 0.123. The molecule has 1 aliphatic rings. The Labute approximate surface area is 167 Å². The molecular formula is C23H19NO3S. The van der Waals surface area contributed by atoms with Gasteiger partial charge in [-0.25, -0.2) is 0 Å². The molecular weight excluding hydrogens is 370 g/mol. The molecule has 0 radical (unpaired) electrons. The average molecular weight is 389 g/mol. The van der Waals surface area contributed by atoms with Gasteiger partial charge >= 0.3 is 0 Å². The van der Waals surface area contributed by atoms with Gasteiger partial charge in [0.15, 0.2) is 0 Å². The Bertz CT molecular complexity index is 1060. The summed E-state index contributed by atoms with van der Waals surface area (Å²) in [4.78, 5) is 28.3. The number of anilines is 1. The number of Topliss-reactive ketones (excluding diaryl/α,β-unsaturated/α-hetero) is 1. The molecule has 5 heteroatoms. The predicted octanol–water partition coefficient (Wildman–Crippen LogP) is 4.99. The smallest absolute Gasteiger partial charge is 0.300 e. The number of aryl methyl sites for hydroxylation is 2. The minimum Gasteiger partial charge on any atom is -0.507 e. The van der Waals surface area contributed by atoms with E-state index in [1.807, 2.05) is 55.6 Å². The maximum atomic E-state index is 13.0. The van der Waals surface area contributed by atoms with Crippen molar-refractivity contribution < 1.29 is 14.7 Å². The molecule has 1 atom stereocenters. The van der Waals surface area contributed by atoms with Gasteiger partial charge in [0.1, 0.15) is 11.8 Å². The second-order valence-electron chi connectivity index (χ2n) is 6.90. The molecule has 1 saturated heterocycles. The molecule has 1 fully saturated rings. The molecule has 1 amide bonds. The maximum Gasteiger partial charge on any atom is 0.300 e. The maximum absolute atomic E-state index is 13.0. The Morgan fingerprint density at radius 1 is 0.964 bits per heavy atom. The zero-order valence-corrected chi connectivity index (χ0v) is 16.4. The molecule has 1 unspecified atom stereocenters. The summed E-state index contributed by atoms with van der Waals surface area (Å²) < 4.78 is 0. The fourth-order valence-corrected chi connectivity index (χ4v) is 4.48. The van der Waals surface area contributed by atoms with Crippen LogP contribution >= 0.6 is 11.3 Å². The summed E-state index contributed by atoms with van der Waals surface area (Å²) in [7, 11) is 0. The molecule has 0 spiro atoms. The van der Waals surface area contributed by atoms with Gasteiger partial charge in [-0.05, 0) is 48.6 Å². The molecule has 1 aliphatic heterocycles. The molecule has 0 saturated carbocycles. The van der Waals surface area contributed by atoms with Crippen LogP contribution in [0.4, 0.5) is 5.69 Å². The number of aliphatic hydroxyl groups excluding tert-OH is 1. The number of amides is 1. The molecule has 28 heavy (non-hydrogen) atoms. The Kier molecular flexibility index (Phi) is 4.61. The first-order chi connectivity index (χ1) is 13.5. The van der Waals surface area contributed by atoms with Crippen LogP contribution in [0, 0.1) is 13.8 Å². The number of nitrogens with zero attached hydrogens (tertiary/aromatic N) is 1. The SMILES string of the molecule is Cc1cc(C)cc(N2C(=O)C(=O)/C(=C(\O)c3ccccc3)C2c2cccs2)c1. The lowest BCUT2D eigenvalue weighted by Crippen LogP contribution is -2.29. The van der Waals surface area contributed by atoms with Gasteiger partial charge in [0.25, 0.3) is 11.7 Å². The van der Waals surface area contributed by atoms with E-state index in [0.29, 0.717) is 11.3 Å². The van der Waals surface area contributed by atoms with Gasteiger partial charge in [-0.15, -0.1) is 11.3 Å². The van der Waals surface area contributed by atoms with E-state index in [-0.39, 0.29) is 11.3 Å². The molecule has 3 aromatic rings. The summed E-state index contributed by atoms with van der Waals surface area (Å²) in [6.07, 6.45) is 0. The van der Waals surface area contributed by atoms with Crippen molar-refractivity contribution in [1.82, 2.24) is 0 Å². The van der Waals surface area contributed by atoms with E-state index in [0.717, 1.165) is 16.0 Å². The topological polar surface area (TPSA) is 57.6 Å². The number of carbonyl (C=O) groups is 2. The third-order valence-electron chi connectivity index (χ3n) is 4.79. The van der Waals surface area contributed by atoms with E-state index in [1.165, 1.54) is 16.2 Å². The van der Waals surface area contributed by atoms with Gasteiger partial charge in [-0.1, -0.05) is 42.5 Å². The Hall–Kier alpha value is -3.18. The van der Waals surface area contributed by atoms with Crippen molar-refractivity contribution in [1.29, 1.82) is 0 Å². The van der Waals surface area contributed by atoms with Crippen LogP contribution in [-0.2, 0) is 9.59 Å². The summed E-state index contributed by atoms with van der Waals surface area (Å²) in [5.41, 5.74) is 3.31. The number of hydrogen-bond acceptors (Lipinski definition) is 4. The third kappa shape index (κ3) is 3.04. The molecule has 2 aromatic carbocycles. The Balaban J connectivity index is 1.95. The van der Waals surface area contributed by atoms with E-state index in [2.05, 4.69) is 0 Å². The Morgan fingerprint density at radius 2 is 1.64 bits per heavy atom. The quantitative estimate of drug-likeness (QED) is 0.390. The van der Waals surface area contributed by atoms with Gasteiger partial charge in [0, 0.05) is 16.1 Å². The number of aliphatic hydroxyl groups is 1. The lowest BCUT2D eigenvalue weighted by molar-refractivity contribution is -0.132. The molecule has 4 rings (SSSR count). The number of rotatable bonds is 3. The first-order valence-electron chi connectivity index (χ1n) is 8.95. The van der Waals surface area contributed by atoms with Crippen LogP contribution < -0.4 is 4.90 Å². The number of benzene rings is 2. The molecule has 1 N–H and O–H groups in total. The van der Waals surface area contributed by atoms with Crippen LogP contribution in [0.2, 0.25) is 0 Å². The van der Waals surface area contributed by atoms with E-state index >= 15 is 0 Å². The largest absolute Gasteiger partial charge is 0.507 e. The molecule has 0 bridgehead atoms. The summed E-state index contributed by atoms with van der Waals surface area (Å²) in [6.45, 7) is 3.91. The van der Waals surface area contributed by atoms with Crippen molar-refractivity contribution in [3.05, 3.63) is 93.2 Å². The fraction of sp³-hybridized carbons (Fsp3) is 0.130. The summed E-state index contributed by atoms with van der Waals surface area (Å²) >= 11 is 1.46. The van der Waals surface area contributed by atoms with Crippen LogP contribution in [0.25, 0.3) is 5.76 Å². The second kappa shape index (κ2) is 7.09. The first-order valence-corrected chi connectivity index (χ1v) is 9.83. The highest BCUT2D eigenvalue weighted by molar-refractivity contribution is 7.10. The van der Waals surface area contributed by atoms with Crippen LogP contribution in [0.15, 0.2) is 71.6 Å². The highest BCUT2D eigenvalue weighted by Gasteiger charge is 2.47. The second-order valence-corrected chi connectivity index (χ2v) is 7.88. The normalized spacial score (nSPS) is 18.6. The van der Waals surface area contributed by atoms with E-state index in [9.17, 15) is 14.7 Å². The zero-order chi connectivity index (χ0) is 19.8. The molecule has 0 aliphatic carbocycles. The number of ketones is 1. The molecule has 1 aromatic heterocycles. The minimum atomic E-state index is -0.668. The highest BCUT2D eigenvalue weighted by atomic mass is 32.1. The van der Waals surface area contributed by atoms with Gasteiger partial charge in [0.2, 0.25) is 0 Å². The lowest BCUT2D eigenvalue weighted by Gasteiger charge is -2.25. The van der Waals surface area contributed by atoms with Crippen molar-refractivity contribution in [3.8, 4) is 0 Å². The van der Waals surface area contributed by atoms with Crippen LogP contribution in [-0.4, -0.2) is 16.8 Å². The Morgan fingerprint density at radius 3 is 2.25 bits per heavy atom. The van der Waals surface area contributed by atoms with Crippen molar-refractivity contribution in [3.63, 3.8) is 0 Å². The first kappa shape index (κ1) is 18.2. The number of hydrogen-bond donors (Lipinski definition) is 1. The third-order valence-corrected chi connectivity index (χ3v) is 5.71. The van der Waals surface area contributed by atoms with Crippen molar-refractivity contribution in [2.24, 2.45) is 0 Å². The zero-order valence-electron chi connectivity index (χ0n) is 15.5. The van der Waals surface area contributed by atoms with Gasteiger partial charge < -0.3 is 5.11 Å². The highest BCUT2D eigenvalue weighted by Crippen LogP contribution is 2.43. The van der Waals surface area contributed by atoms with Gasteiger partial charge in [-0.3, -0.25) is 14.5 Å². The van der Waals surface area contributed by atoms with Gasteiger partial charge in [-0.2, -0.15) is 0 Å². The monoisotopic (exact) mass is 389 g/mol. The van der Waals surface area contributed by atoms with E-state index in [1.54, 1.807) is 24.3 Å². The summed E-state index contributed by atoms with van der Waals surface area (Å²) in [5.74, 6) is -1.44. The van der Waals surface area contributed by atoms with E-state index in [4.69, 9.17) is 0 Å². The van der Waals surface area contributed by atoms with Crippen molar-refractivity contribution in [2.45, 2.75) is 19.9 Å². The van der Waals surface area contributed by atoms with Gasteiger partial charge in [0.05, 0.1) is 5.57 Å². The standard InChI is InChI=1S/C23H19NO3S/c1-14-11-15(2)13-17(12-14)24-20(18-9-6-10-28-18)19(22(26)23(24)27)21(25)16-7-4-3-5-8-16/h3-13,20,25H,1-2H3/b21-19-. The van der Waals surface area contributed by atoms with Crippen molar-refractivity contribution >= 4 is 34.5 Å². The van der Waals surface area contributed by atoms with Crippen LogP contribution in [0.3, 0.4) is 0 Å². The fourth-order valence-electron chi connectivity index (χ4n) is 3.66. The van der Waals surface area contributed by atoms with Crippen LogP contribution in [0.5, 0.6) is 0 Å². The molecule has 140 valence electrons.